The van der Waals surface area contributed by atoms with Crippen LogP contribution in [0.25, 0.3) is 0 Å². The molecule has 0 atom stereocenters. The first-order valence-electron chi connectivity index (χ1n) is 6.35. The smallest absolute Gasteiger partial charge is 0.264 e. The van der Waals surface area contributed by atoms with Gasteiger partial charge >= 0.3 is 0 Å². The molecule has 6 nitrogen and oxygen atoms in total. The fourth-order valence-electron chi connectivity index (χ4n) is 1.85. The van der Waals surface area contributed by atoms with Crippen LogP contribution in [0.5, 0.6) is 0 Å². The summed E-state index contributed by atoms with van der Waals surface area (Å²) in [4.78, 5) is -0.0779. The summed E-state index contributed by atoms with van der Waals surface area (Å²) in [7, 11) is -3.89. The van der Waals surface area contributed by atoms with Gasteiger partial charge in [-0.25, -0.2) is 12.8 Å². The molecule has 0 radical (unpaired) electrons. The summed E-state index contributed by atoms with van der Waals surface area (Å²) >= 11 is 1.06. The lowest BCUT2D eigenvalue weighted by Gasteiger charge is -2.11. The molecule has 112 valence electrons. The van der Waals surface area contributed by atoms with Crippen molar-refractivity contribution in [3.8, 4) is 0 Å². The third kappa shape index (κ3) is 3.55. The molecule has 0 unspecified atom stereocenters. The Kier molecular flexibility index (Phi) is 3.87. The van der Waals surface area contributed by atoms with Gasteiger partial charge in [0.25, 0.3) is 10.0 Å². The van der Waals surface area contributed by atoms with Gasteiger partial charge in [0, 0.05) is 12.6 Å². The summed E-state index contributed by atoms with van der Waals surface area (Å²) in [6.45, 7) is 0.386. The molecule has 1 aromatic carbocycles. The number of rotatable bonds is 6. The SMILES string of the molecule is O=S(=O)(Nc1nncs1)c1cc(F)ccc1CNC1CC1. The van der Waals surface area contributed by atoms with Crippen molar-refractivity contribution in [3.05, 3.63) is 35.1 Å². The second-order valence-electron chi connectivity index (χ2n) is 4.76. The molecule has 21 heavy (non-hydrogen) atoms. The maximum absolute atomic E-state index is 13.4. The lowest BCUT2D eigenvalue weighted by molar-refractivity contribution is 0.589. The molecule has 1 heterocycles. The van der Waals surface area contributed by atoms with Crippen molar-refractivity contribution in [1.82, 2.24) is 15.5 Å². The summed E-state index contributed by atoms with van der Waals surface area (Å²) in [6.07, 6.45) is 2.18. The van der Waals surface area contributed by atoms with Gasteiger partial charge in [0.05, 0.1) is 4.90 Å². The van der Waals surface area contributed by atoms with Crippen molar-refractivity contribution < 1.29 is 12.8 Å². The van der Waals surface area contributed by atoms with E-state index in [-0.39, 0.29) is 10.0 Å². The Hall–Kier alpha value is -1.58. The lowest BCUT2D eigenvalue weighted by Crippen LogP contribution is -2.20. The molecule has 1 aliphatic rings. The van der Waals surface area contributed by atoms with E-state index in [4.69, 9.17) is 0 Å². The highest BCUT2D eigenvalue weighted by Gasteiger charge is 2.24. The molecule has 0 spiro atoms. The number of hydrogen-bond acceptors (Lipinski definition) is 6. The first kappa shape index (κ1) is 14.4. The van der Waals surface area contributed by atoms with E-state index in [1.54, 1.807) is 0 Å². The molecule has 0 aliphatic heterocycles. The Bertz CT molecular complexity index is 730. The maximum atomic E-state index is 13.4. The summed E-state index contributed by atoms with van der Waals surface area (Å²) in [5.41, 5.74) is 1.94. The van der Waals surface area contributed by atoms with Crippen LogP contribution < -0.4 is 10.0 Å². The molecular formula is C12H13FN4O2S2. The van der Waals surface area contributed by atoms with Crippen molar-refractivity contribution in [2.24, 2.45) is 0 Å². The van der Waals surface area contributed by atoms with E-state index in [1.165, 1.54) is 17.6 Å². The third-order valence-corrected chi connectivity index (χ3v) is 5.22. The van der Waals surface area contributed by atoms with Crippen LogP contribution in [0, 0.1) is 5.82 Å². The van der Waals surface area contributed by atoms with Gasteiger partial charge in [-0.2, -0.15) is 0 Å². The molecule has 0 saturated heterocycles. The van der Waals surface area contributed by atoms with E-state index in [1.807, 2.05) is 0 Å². The van der Waals surface area contributed by atoms with Gasteiger partial charge in [-0.1, -0.05) is 17.4 Å². The van der Waals surface area contributed by atoms with E-state index >= 15 is 0 Å². The average Bonchev–Trinajstić information content (AvgIpc) is 3.14. The van der Waals surface area contributed by atoms with Gasteiger partial charge in [-0.05, 0) is 30.5 Å². The quantitative estimate of drug-likeness (QED) is 0.844. The highest BCUT2D eigenvalue weighted by molar-refractivity contribution is 7.93. The van der Waals surface area contributed by atoms with E-state index in [2.05, 4.69) is 20.2 Å². The molecule has 3 rings (SSSR count). The van der Waals surface area contributed by atoms with Crippen molar-refractivity contribution in [2.75, 3.05) is 4.72 Å². The zero-order valence-electron chi connectivity index (χ0n) is 10.9. The first-order valence-corrected chi connectivity index (χ1v) is 8.72. The number of nitrogens with zero attached hydrogens (tertiary/aromatic N) is 2. The summed E-state index contributed by atoms with van der Waals surface area (Å²) in [5, 5.41) is 10.6. The Balaban J connectivity index is 1.88. The second kappa shape index (κ2) is 5.66. The van der Waals surface area contributed by atoms with Crippen LogP contribution in [0.1, 0.15) is 18.4 Å². The minimum Gasteiger partial charge on any atom is -0.310 e. The third-order valence-electron chi connectivity index (χ3n) is 3.06. The fraction of sp³-hybridized carbons (Fsp3) is 0.333. The fourth-order valence-corrected chi connectivity index (χ4v) is 3.80. The minimum absolute atomic E-state index is 0.0779. The average molecular weight is 328 g/mol. The first-order chi connectivity index (χ1) is 10.0. The van der Waals surface area contributed by atoms with E-state index < -0.39 is 15.8 Å². The van der Waals surface area contributed by atoms with Crippen LogP contribution in [0.2, 0.25) is 0 Å². The molecule has 2 N–H and O–H groups in total. The van der Waals surface area contributed by atoms with Crippen molar-refractivity contribution in [2.45, 2.75) is 30.3 Å². The Morgan fingerprint density at radius 1 is 1.38 bits per heavy atom. The summed E-state index contributed by atoms with van der Waals surface area (Å²) < 4.78 is 40.5. The number of sulfonamides is 1. The Labute approximate surface area is 125 Å². The number of nitrogens with one attached hydrogen (secondary N) is 2. The molecule has 9 heteroatoms. The topological polar surface area (TPSA) is 84.0 Å². The monoisotopic (exact) mass is 328 g/mol. The molecule has 0 bridgehead atoms. The molecule has 1 aromatic heterocycles. The summed E-state index contributed by atoms with van der Waals surface area (Å²) in [6, 6.07) is 4.20. The number of anilines is 1. The van der Waals surface area contributed by atoms with Crippen molar-refractivity contribution in [3.63, 3.8) is 0 Å². The van der Waals surface area contributed by atoms with E-state index in [0.717, 1.165) is 30.2 Å². The zero-order valence-corrected chi connectivity index (χ0v) is 12.5. The highest BCUT2D eigenvalue weighted by Crippen LogP contribution is 2.24. The largest absolute Gasteiger partial charge is 0.310 e. The molecule has 1 aliphatic carbocycles. The molecule has 1 fully saturated rings. The summed E-state index contributed by atoms with van der Waals surface area (Å²) in [5.74, 6) is -0.595. The van der Waals surface area contributed by atoms with Gasteiger partial charge in [0.15, 0.2) is 0 Å². The van der Waals surface area contributed by atoms with E-state index in [9.17, 15) is 12.8 Å². The van der Waals surface area contributed by atoms with Gasteiger partial charge in [0.2, 0.25) is 5.13 Å². The molecule has 1 saturated carbocycles. The minimum atomic E-state index is -3.89. The predicted octanol–water partition coefficient (Wildman–Crippen LogP) is 1.73. The van der Waals surface area contributed by atoms with Gasteiger partial charge in [0.1, 0.15) is 11.3 Å². The Morgan fingerprint density at radius 2 is 2.19 bits per heavy atom. The normalized spacial score (nSPS) is 15.1. The van der Waals surface area contributed by atoms with Gasteiger partial charge in [-0.15, -0.1) is 10.2 Å². The zero-order chi connectivity index (χ0) is 14.9. The molecule has 2 aromatic rings. The van der Waals surface area contributed by atoms with Crippen LogP contribution in [-0.4, -0.2) is 24.7 Å². The van der Waals surface area contributed by atoms with E-state index in [0.29, 0.717) is 18.2 Å². The maximum Gasteiger partial charge on any atom is 0.264 e. The number of halogens is 1. The van der Waals surface area contributed by atoms with Crippen molar-refractivity contribution >= 4 is 26.5 Å². The molecular weight excluding hydrogens is 315 g/mol. The van der Waals surface area contributed by atoms with Crippen LogP contribution in [0.15, 0.2) is 28.6 Å². The Morgan fingerprint density at radius 3 is 2.86 bits per heavy atom. The number of hydrogen-bond donors (Lipinski definition) is 2. The van der Waals surface area contributed by atoms with Crippen molar-refractivity contribution in [1.29, 1.82) is 0 Å². The predicted molar refractivity (Wildman–Crippen MR) is 77.0 cm³/mol. The van der Waals surface area contributed by atoms with Gasteiger partial charge in [-0.3, -0.25) is 4.72 Å². The number of aromatic nitrogens is 2. The van der Waals surface area contributed by atoms with Crippen LogP contribution >= 0.6 is 11.3 Å². The highest BCUT2D eigenvalue weighted by atomic mass is 32.2. The molecule has 0 amide bonds. The standard InChI is InChI=1S/C12H13FN4O2S2/c13-9-2-1-8(6-14-10-3-4-10)11(5-9)21(18,19)17-12-16-15-7-20-12/h1-2,5,7,10,14H,3-4,6H2,(H,16,17). The lowest BCUT2D eigenvalue weighted by atomic mass is 10.2. The second-order valence-corrected chi connectivity index (χ2v) is 7.24. The van der Waals surface area contributed by atoms with Crippen LogP contribution in [-0.2, 0) is 16.6 Å². The van der Waals surface area contributed by atoms with Gasteiger partial charge < -0.3 is 5.32 Å². The van der Waals surface area contributed by atoms with Crippen LogP contribution in [0.4, 0.5) is 9.52 Å². The van der Waals surface area contributed by atoms with Crippen LogP contribution in [0.3, 0.4) is 0 Å². The number of benzene rings is 1.